The summed E-state index contributed by atoms with van der Waals surface area (Å²) in [6.07, 6.45) is 1.51. The van der Waals surface area contributed by atoms with Gasteiger partial charge in [-0.3, -0.25) is 9.69 Å². The van der Waals surface area contributed by atoms with E-state index in [1.807, 2.05) is 0 Å². The van der Waals surface area contributed by atoms with Crippen LogP contribution in [0.1, 0.15) is 21.5 Å². The lowest BCUT2D eigenvalue weighted by Crippen LogP contribution is -2.35. The standard InChI is InChI=1S/C20H18FNO4/c21-14-3-1-2-13(10-14)11-18-19(24)15-4-5-17(23)16(20(15)26-18)12-22-6-8-25-9-7-22/h1-5,10-11,23H,6-9,12H2/b18-11+. The van der Waals surface area contributed by atoms with E-state index in [0.29, 0.717) is 42.2 Å². The summed E-state index contributed by atoms with van der Waals surface area (Å²) < 4.78 is 24.5. The summed E-state index contributed by atoms with van der Waals surface area (Å²) in [6, 6.07) is 9.01. The van der Waals surface area contributed by atoms with Gasteiger partial charge in [-0.15, -0.1) is 0 Å². The van der Waals surface area contributed by atoms with Crippen molar-refractivity contribution in [2.75, 3.05) is 26.3 Å². The van der Waals surface area contributed by atoms with Gasteiger partial charge < -0.3 is 14.6 Å². The van der Waals surface area contributed by atoms with E-state index in [4.69, 9.17) is 9.47 Å². The van der Waals surface area contributed by atoms with Crippen molar-refractivity contribution in [3.8, 4) is 11.5 Å². The van der Waals surface area contributed by atoms with Gasteiger partial charge in [0.25, 0.3) is 0 Å². The summed E-state index contributed by atoms with van der Waals surface area (Å²) in [6.45, 7) is 3.26. The number of rotatable bonds is 3. The van der Waals surface area contributed by atoms with Gasteiger partial charge in [-0.2, -0.15) is 0 Å². The maximum absolute atomic E-state index is 13.4. The molecule has 1 N–H and O–H groups in total. The lowest BCUT2D eigenvalue weighted by Gasteiger charge is -2.27. The maximum atomic E-state index is 13.4. The van der Waals surface area contributed by atoms with Crippen molar-refractivity contribution in [3.05, 3.63) is 64.7 Å². The summed E-state index contributed by atoms with van der Waals surface area (Å²) in [4.78, 5) is 14.8. The van der Waals surface area contributed by atoms with Gasteiger partial charge in [-0.25, -0.2) is 4.39 Å². The molecular weight excluding hydrogens is 337 g/mol. The fourth-order valence-electron chi connectivity index (χ4n) is 3.18. The number of Topliss-reactive ketones (excluding diaryl/α,β-unsaturated/α-hetero) is 1. The molecule has 0 radical (unpaired) electrons. The van der Waals surface area contributed by atoms with Crippen molar-refractivity contribution in [1.82, 2.24) is 4.90 Å². The Labute approximate surface area is 150 Å². The number of ether oxygens (including phenoxy) is 2. The van der Waals surface area contributed by atoms with E-state index in [1.54, 1.807) is 18.2 Å². The Balaban J connectivity index is 1.66. The van der Waals surface area contributed by atoms with E-state index in [2.05, 4.69) is 4.90 Å². The highest BCUT2D eigenvalue weighted by atomic mass is 19.1. The monoisotopic (exact) mass is 355 g/mol. The zero-order valence-corrected chi connectivity index (χ0v) is 14.1. The Kier molecular flexibility index (Phi) is 4.44. The molecular formula is C20H18FNO4. The second kappa shape index (κ2) is 6.90. The Bertz CT molecular complexity index is 887. The van der Waals surface area contributed by atoms with Crippen molar-refractivity contribution in [2.24, 2.45) is 0 Å². The molecule has 0 aromatic heterocycles. The first-order valence-electron chi connectivity index (χ1n) is 8.46. The molecule has 26 heavy (non-hydrogen) atoms. The molecule has 0 aliphatic carbocycles. The minimum Gasteiger partial charge on any atom is -0.507 e. The summed E-state index contributed by atoms with van der Waals surface area (Å²) in [7, 11) is 0. The van der Waals surface area contributed by atoms with Crippen LogP contribution in [0, 0.1) is 5.82 Å². The Morgan fingerprint density at radius 3 is 2.77 bits per heavy atom. The van der Waals surface area contributed by atoms with Gasteiger partial charge >= 0.3 is 0 Å². The molecule has 2 aromatic rings. The molecule has 4 rings (SSSR count). The molecule has 2 aliphatic rings. The van der Waals surface area contributed by atoms with Gasteiger partial charge in [0.05, 0.1) is 24.3 Å². The number of hydrogen-bond donors (Lipinski definition) is 1. The third kappa shape index (κ3) is 3.21. The van der Waals surface area contributed by atoms with Crippen molar-refractivity contribution in [1.29, 1.82) is 0 Å². The van der Waals surface area contributed by atoms with E-state index >= 15 is 0 Å². The van der Waals surface area contributed by atoms with Crippen LogP contribution in [-0.2, 0) is 11.3 Å². The van der Waals surface area contributed by atoms with Crippen molar-refractivity contribution in [2.45, 2.75) is 6.54 Å². The van der Waals surface area contributed by atoms with Crippen LogP contribution in [0.2, 0.25) is 0 Å². The summed E-state index contributed by atoms with van der Waals surface area (Å²) in [5.41, 5.74) is 1.54. The number of phenolic OH excluding ortho intramolecular Hbond substituents is 1. The average molecular weight is 355 g/mol. The van der Waals surface area contributed by atoms with E-state index in [1.165, 1.54) is 24.3 Å². The van der Waals surface area contributed by atoms with Gasteiger partial charge in [0.1, 0.15) is 17.3 Å². The molecule has 0 unspecified atom stereocenters. The molecule has 134 valence electrons. The molecule has 5 nitrogen and oxygen atoms in total. The molecule has 2 heterocycles. The largest absolute Gasteiger partial charge is 0.507 e. The molecule has 1 saturated heterocycles. The van der Waals surface area contributed by atoms with E-state index in [0.717, 1.165) is 13.1 Å². The Morgan fingerprint density at radius 1 is 1.19 bits per heavy atom. The third-order valence-electron chi connectivity index (χ3n) is 4.55. The highest BCUT2D eigenvalue weighted by molar-refractivity contribution is 6.15. The number of carbonyl (C=O) groups is 1. The highest BCUT2D eigenvalue weighted by Crippen LogP contribution is 2.40. The van der Waals surface area contributed by atoms with Crippen LogP contribution in [0.15, 0.2) is 42.2 Å². The number of ketones is 1. The topological polar surface area (TPSA) is 59.0 Å². The van der Waals surface area contributed by atoms with Crippen molar-refractivity contribution >= 4 is 11.9 Å². The first-order valence-corrected chi connectivity index (χ1v) is 8.46. The van der Waals surface area contributed by atoms with Gasteiger partial charge in [-0.1, -0.05) is 12.1 Å². The molecule has 2 aliphatic heterocycles. The number of aromatic hydroxyl groups is 1. The fourth-order valence-corrected chi connectivity index (χ4v) is 3.18. The number of morpholine rings is 1. The fraction of sp³-hybridized carbons (Fsp3) is 0.250. The zero-order valence-electron chi connectivity index (χ0n) is 14.1. The maximum Gasteiger partial charge on any atom is 0.231 e. The minimum atomic E-state index is -0.382. The van der Waals surface area contributed by atoms with Crippen LogP contribution in [-0.4, -0.2) is 42.1 Å². The second-order valence-electron chi connectivity index (χ2n) is 6.32. The molecule has 6 heteroatoms. The van der Waals surface area contributed by atoms with Crippen molar-refractivity contribution in [3.63, 3.8) is 0 Å². The number of allylic oxidation sites excluding steroid dienone is 1. The molecule has 0 amide bonds. The Hall–Kier alpha value is -2.70. The van der Waals surface area contributed by atoms with Gasteiger partial charge in [0.15, 0.2) is 5.76 Å². The average Bonchev–Trinajstić information content (AvgIpc) is 2.95. The predicted octanol–water partition coefficient (Wildman–Crippen LogP) is 2.98. The third-order valence-corrected chi connectivity index (χ3v) is 4.55. The van der Waals surface area contributed by atoms with Crippen LogP contribution in [0.25, 0.3) is 6.08 Å². The molecule has 1 fully saturated rings. The van der Waals surface area contributed by atoms with Crippen LogP contribution >= 0.6 is 0 Å². The SMILES string of the molecule is O=C1/C(=C\c2cccc(F)c2)Oc2c1ccc(O)c2CN1CCOCC1. The number of carbonyl (C=O) groups excluding carboxylic acids is 1. The molecule has 0 saturated carbocycles. The zero-order chi connectivity index (χ0) is 18.1. The number of halogens is 1. The molecule has 0 atom stereocenters. The first kappa shape index (κ1) is 16.8. The van der Waals surface area contributed by atoms with Crippen LogP contribution in [0.3, 0.4) is 0 Å². The van der Waals surface area contributed by atoms with E-state index < -0.39 is 0 Å². The molecule has 2 aromatic carbocycles. The summed E-state index contributed by atoms with van der Waals surface area (Å²) in [5, 5.41) is 10.3. The number of hydrogen-bond acceptors (Lipinski definition) is 5. The summed E-state index contributed by atoms with van der Waals surface area (Å²) >= 11 is 0. The quantitative estimate of drug-likeness (QED) is 0.858. The van der Waals surface area contributed by atoms with Gasteiger partial charge in [0, 0.05) is 19.6 Å². The number of benzene rings is 2. The van der Waals surface area contributed by atoms with E-state index in [-0.39, 0.29) is 23.1 Å². The smallest absolute Gasteiger partial charge is 0.231 e. The number of nitrogens with zero attached hydrogens (tertiary/aromatic N) is 1. The first-order chi connectivity index (χ1) is 12.6. The predicted molar refractivity (Wildman–Crippen MR) is 93.5 cm³/mol. The highest BCUT2D eigenvalue weighted by Gasteiger charge is 2.31. The second-order valence-corrected chi connectivity index (χ2v) is 6.32. The van der Waals surface area contributed by atoms with Crippen molar-refractivity contribution < 1.29 is 23.8 Å². The van der Waals surface area contributed by atoms with E-state index in [9.17, 15) is 14.3 Å². The van der Waals surface area contributed by atoms with Gasteiger partial charge in [-0.05, 0) is 35.9 Å². The Morgan fingerprint density at radius 2 is 2.00 bits per heavy atom. The van der Waals surface area contributed by atoms with Crippen LogP contribution in [0.5, 0.6) is 11.5 Å². The normalized spacial score (nSPS) is 18.8. The van der Waals surface area contributed by atoms with Crippen LogP contribution in [0.4, 0.5) is 4.39 Å². The number of fused-ring (bicyclic) bond motifs is 1. The lowest BCUT2D eigenvalue weighted by molar-refractivity contribution is 0.0336. The molecule has 0 bridgehead atoms. The van der Waals surface area contributed by atoms with Crippen LogP contribution < -0.4 is 4.74 Å². The summed E-state index contributed by atoms with van der Waals surface area (Å²) in [5.74, 6) is -0.0564. The van der Waals surface area contributed by atoms with Gasteiger partial charge in [0.2, 0.25) is 5.78 Å². The minimum absolute atomic E-state index is 0.0926. The molecule has 0 spiro atoms. The lowest BCUT2D eigenvalue weighted by atomic mass is 10.0. The number of phenols is 1.